The lowest BCUT2D eigenvalue weighted by Crippen LogP contribution is -2.45. The summed E-state index contributed by atoms with van der Waals surface area (Å²) in [5, 5.41) is 7.06. The van der Waals surface area contributed by atoms with E-state index in [2.05, 4.69) is 16.7 Å². The van der Waals surface area contributed by atoms with Crippen molar-refractivity contribution in [2.24, 2.45) is 29.1 Å². The average Bonchev–Trinajstić information content (AvgIpc) is 3.33. The predicted molar refractivity (Wildman–Crippen MR) is 118 cm³/mol. The second kappa shape index (κ2) is 7.35. The number of hydrogen-bond donors (Lipinski definition) is 2. The quantitative estimate of drug-likeness (QED) is 0.671. The van der Waals surface area contributed by atoms with E-state index in [4.69, 9.17) is 11.6 Å². The van der Waals surface area contributed by atoms with Crippen molar-refractivity contribution in [2.75, 3.05) is 12.3 Å². The minimum Gasteiger partial charge on any atom is -0.479 e. The first kappa shape index (κ1) is 14.5. The van der Waals surface area contributed by atoms with Crippen LogP contribution in [0.3, 0.4) is 0 Å². The van der Waals surface area contributed by atoms with Crippen LogP contribution in [0, 0.1) is 29.1 Å². The van der Waals surface area contributed by atoms with Gasteiger partial charge >= 0.3 is 0 Å². The Bertz CT molecular complexity index is 849. The Balaban J connectivity index is 1.46. The maximum atomic E-state index is 9.05. The molecule has 5 rings (SSSR count). The van der Waals surface area contributed by atoms with Gasteiger partial charge in [-0.15, -0.1) is 11.8 Å². The van der Waals surface area contributed by atoms with E-state index in [1.807, 2.05) is 32.5 Å². The Hall–Kier alpha value is -0.450. The van der Waals surface area contributed by atoms with Gasteiger partial charge in [0.2, 0.25) is 0 Å². The molecule has 0 radical (unpaired) electrons. The van der Waals surface area contributed by atoms with Crippen LogP contribution >= 0.6 is 11.8 Å². The standard InChI is InChI=1S/C24H38N2OS/c1-14-8-9-17-16-6-5-7-18(22(16)27-23(17)26-14)21-20-15(12-24(2,3)4)13-28-19(20)10-11-25-21/h10,14-17,20-21,23,25-26H,5-9,11-13H2,1-4H3/t14-,15?,16+,17?,20+,21+,23?/m1/s1/i1D3,12D2. The topological polar surface area (TPSA) is 33.3 Å². The van der Waals surface area contributed by atoms with Gasteiger partial charge in [-0.05, 0) is 67.1 Å². The van der Waals surface area contributed by atoms with E-state index >= 15 is 0 Å². The highest BCUT2D eigenvalue weighted by Crippen LogP contribution is 2.53. The summed E-state index contributed by atoms with van der Waals surface area (Å²) >= 11 is 1.84. The third kappa shape index (κ3) is 3.48. The molecule has 0 amide bonds. The molecule has 156 valence electrons. The van der Waals surface area contributed by atoms with Crippen molar-refractivity contribution in [3.05, 3.63) is 22.3 Å². The van der Waals surface area contributed by atoms with Gasteiger partial charge in [0.1, 0.15) is 5.76 Å². The molecule has 3 fully saturated rings. The van der Waals surface area contributed by atoms with Crippen LogP contribution in [0.15, 0.2) is 22.3 Å². The lowest BCUT2D eigenvalue weighted by Gasteiger charge is -2.39. The molecule has 3 unspecified atom stereocenters. The molecule has 7 atom stereocenters. The largest absolute Gasteiger partial charge is 0.479 e. The first-order valence-corrected chi connectivity index (χ1v) is 12.1. The Kier molecular flexibility index (Phi) is 3.82. The number of piperidine rings is 1. The minimum absolute atomic E-state index is 0.0539. The molecule has 0 spiro atoms. The van der Waals surface area contributed by atoms with Crippen molar-refractivity contribution < 1.29 is 11.6 Å². The number of allylic oxidation sites excluding steroid dienone is 1. The van der Waals surface area contributed by atoms with Gasteiger partial charge < -0.3 is 10.1 Å². The van der Waals surface area contributed by atoms with E-state index in [1.165, 1.54) is 10.5 Å². The molecule has 28 heavy (non-hydrogen) atoms. The van der Waals surface area contributed by atoms with Crippen LogP contribution in [0.1, 0.15) is 73.0 Å². The second-order valence-corrected chi connectivity index (χ2v) is 11.3. The summed E-state index contributed by atoms with van der Waals surface area (Å²) in [6, 6.07) is -0.404. The molecule has 0 aromatic heterocycles. The summed E-state index contributed by atoms with van der Waals surface area (Å²) in [5.74, 6) is 2.67. The van der Waals surface area contributed by atoms with Crippen molar-refractivity contribution in [3.8, 4) is 0 Å². The number of hydrogen-bond acceptors (Lipinski definition) is 4. The van der Waals surface area contributed by atoms with E-state index < -0.39 is 24.7 Å². The molecule has 4 heteroatoms. The number of thioether (sulfide) groups is 1. The lowest BCUT2D eigenvalue weighted by atomic mass is 9.70. The normalized spacial score (nSPS) is 46.8. The van der Waals surface area contributed by atoms with Crippen LogP contribution in [0.2, 0.25) is 0 Å². The molecule has 1 aliphatic carbocycles. The average molecular weight is 408 g/mol. The maximum Gasteiger partial charge on any atom is 0.153 e. The first-order chi connectivity index (χ1) is 15.4. The van der Waals surface area contributed by atoms with E-state index in [0.29, 0.717) is 18.3 Å². The molecule has 2 N–H and O–H groups in total. The van der Waals surface area contributed by atoms with Crippen LogP contribution in [0.5, 0.6) is 0 Å². The predicted octanol–water partition coefficient (Wildman–Crippen LogP) is 5.06. The van der Waals surface area contributed by atoms with Crippen molar-refractivity contribution in [1.29, 1.82) is 0 Å². The number of ether oxygens (including phenoxy) is 1. The van der Waals surface area contributed by atoms with Gasteiger partial charge in [0.15, 0.2) is 6.23 Å². The second-order valence-electron chi connectivity index (χ2n) is 10.2. The molecular weight excluding hydrogens is 364 g/mol. The Morgan fingerprint density at radius 3 is 3.04 bits per heavy atom. The van der Waals surface area contributed by atoms with Gasteiger partial charge in [-0.25, -0.2) is 0 Å². The third-order valence-electron chi connectivity index (χ3n) is 7.11. The third-order valence-corrected chi connectivity index (χ3v) is 8.41. The van der Waals surface area contributed by atoms with Crippen molar-refractivity contribution >= 4 is 11.8 Å². The Labute approximate surface area is 182 Å². The van der Waals surface area contributed by atoms with Gasteiger partial charge in [0.25, 0.3) is 0 Å². The highest BCUT2D eigenvalue weighted by molar-refractivity contribution is 8.03. The molecule has 0 aromatic carbocycles. The van der Waals surface area contributed by atoms with Crippen molar-refractivity contribution in [3.63, 3.8) is 0 Å². The first-order valence-electron chi connectivity index (χ1n) is 13.6. The number of nitrogens with one attached hydrogen (secondary N) is 2. The molecular formula is C24H38N2OS. The lowest BCUT2D eigenvalue weighted by molar-refractivity contribution is 0.0572. The summed E-state index contributed by atoms with van der Waals surface area (Å²) in [5.41, 5.74) is 0.885. The molecule has 0 aromatic rings. The van der Waals surface area contributed by atoms with Gasteiger partial charge in [-0.2, -0.15) is 0 Å². The van der Waals surface area contributed by atoms with Gasteiger partial charge in [0.05, 0.1) is 0 Å². The van der Waals surface area contributed by atoms with Gasteiger partial charge in [-0.1, -0.05) is 26.8 Å². The van der Waals surface area contributed by atoms with Crippen molar-refractivity contribution in [1.82, 2.24) is 10.6 Å². The zero-order chi connectivity index (χ0) is 23.8. The van der Waals surface area contributed by atoms with Crippen LogP contribution in [0.4, 0.5) is 0 Å². The van der Waals surface area contributed by atoms with E-state index in [0.717, 1.165) is 43.7 Å². The minimum atomic E-state index is -2.00. The zero-order valence-corrected chi connectivity index (χ0v) is 18.2. The summed E-state index contributed by atoms with van der Waals surface area (Å²) < 4.78 is 48.2. The molecule has 4 heterocycles. The fourth-order valence-corrected chi connectivity index (χ4v) is 7.44. The SMILES string of the molecule is [2H]C([2H])([2H])[C@@H]1CCC2C(N1)OC1=C([C@@H]3NCC=C4SCC(C([2H])([2H])C(C)(C)C)[C@@H]43)CCC[C@H]12. The smallest absolute Gasteiger partial charge is 0.153 e. The maximum absolute atomic E-state index is 9.05. The van der Waals surface area contributed by atoms with Crippen molar-refractivity contribution in [2.45, 2.75) is 84.4 Å². The zero-order valence-electron chi connectivity index (χ0n) is 22.4. The van der Waals surface area contributed by atoms with Crippen LogP contribution in [0.25, 0.3) is 0 Å². The van der Waals surface area contributed by atoms with E-state index in [1.54, 1.807) is 0 Å². The summed E-state index contributed by atoms with van der Waals surface area (Å²) in [7, 11) is 0. The molecule has 0 bridgehead atoms. The number of rotatable bonds is 2. The molecule has 3 nitrogen and oxygen atoms in total. The summed E-state index contributed by atoms with van der Waals surface area (Å²) in [4.78, 5) is 1.34. The highest BCUT2D eigenvalue weighted by atomic mass is 32.2. The molecule has 0 saturated carbocycles. The number of fused-ring (bicyclic) bond motifs is 4. The molecule has 4 aliphatic heterocycles. The highest BCUT2D eigenvalue weighted by Gasteiger charge is 2.49. The van der Waals surface area contributed by atoms with Gasteiger partial charge in [-0.3, -0.25) is 5.32 Å². The fraction of sp³-hybridized carbons (Fsp3) is 0.833. The van der Waals surface area contributed by atoms with E-state index in [-0.39, 0.29) is 24.1 Å². The molecule has 5 aliphatic rings. The van der Waals surface area contributed by atoms with Crippen LogP contribution < -0.4 is 10.6 Å². The van der Waals surface area contributed by atoms with E-state index in [9.17, 15) is 0 Å². The monoisotopic (exact) mass is 407 g/mol. The Morgan fingerprint density at radius 1 is 1.32 bits per heavy atom. The van der Waals surface area contributed by atoms with Crippen LogP contribution in [-0.2, 0) is 4.74 Å². The van der Waals surface area contributed by atoms with Gasteiger partial charge in [0, 0.05) is 49.0 Å². The fourth-order valence-electron chi connectivity index (χ4n) is 6.09. The van der Waals surface area contributed by atoms with Crippen LogP contribution in [-0.4, -0.2) is 30.6 Å². The Morgan fingerprint density at radius 2 is 2.21 bits per heavy atom. The summed E-state index contributed by atoms with van der Waals surface area (Å²) in [6.07, 6.45) is 5.51. The molecule has 3 saturated heterocycles. The summed E-state index contributed by atoms with van der Waals surface area (Å²) in [6.45, 7) is 4.85.